The highest BCUT2D eigenvalue weighted by Gasteiger charge is 1.80. The van der Waals surface area contributed by atoms with Gasteiger partial charge in [0.05, 0.1) is 0 Å². The number of nitriles is 2. The molecule has 0 aliphatic carbocycles. The van der Waals surface area contributed by atoms with E-state index in [9.17, 15) is 0 Å². The molecule has 0 rings (SSSR count). The van der Waals surface area contributed by atoms with Gasteiger partial charge in [0.15, 0.2) is 12.1 Å². The second kappa shape index (κ2) is 6.92. The van der Waals surface area contributed by atoms with Crippen LogP contribution in [0.3, 0.4) is 0 Å². The van der Waals surface area contributed by atoms with Crippen molar-refractivity contribution in [2.75, 3.05) is 0 Å². The number of nitrogens with zero attached hydrogens (tertiary/aromatic N) is 2. The third-order valence-electron chi connectivity index (χ3n) is 0.191. The molecule has 0 aliphatic rings. The summed E-state index contributed by atoms with van der Waals surface area (Å²) < 4.78 is 0. The molecule has 0 amide bonds. The second-order valence-electron chi connectivity index (χ2n) is 0.834. The van der Waals surface area contributed by atoms with E-state index in [1.54, 1.807) is 0 Å². The predicted octanol–water partition coefficient (Wildman–Crippen LogP) is -0.811. The van der Waals surface area contributed by atoms with Crippen molar-refractivity contribution in [1.82, 2.24) is 0 Å². The SMILES string of the molecule is N#CC(=O)O.N#CC(=O)O. The Morgan fingerprint density at radius 2 is 1.10 bits per heavy atom. The zero-order chi connectivity index (χ0) is 8.57. The predicted molar refractivity (Wildman–Crippen MR) is 26.5 cm³/mol. The summed E-state index contributed by atoms with van der Waals surface area (Å²) >= 11 is 0. The largest absolute Gasteiger partial charge is 0.470 e. The van der Waals surface area contributed by atoms with Gasteiger partial charge in [-0.1, -0.05) is 0 Å². The number of rotatable bonds is 0. The van der Waals surface area contributed by atoms with E-state index < -0.39 is 11.9 Å². The molecule has 0 aromatic heterocycles. The molecule has 0 unspecified atom stereocenters. The van der Waals surface area contributed by atoms with Gasteiger partial charge in [0.2, 0.25) is 0 Å². The standard InChI is InChI=1S/2C2HNO2/c2*3-1-2(4)5/h2*(H,4,5). The van der Waals surface area contributed by atoms with Crippen LogP contribution >= 0.6 is 0 Å². The van der Waals surface area contributed by atoms with Crippen LogP contribution in [0.4, 0.5) is 0 Å². The van der Waals surface area contributed by atoms with Crippen LogP contribution in [0.2, 0.25) is 0 Å². The van der Waals surface area contributed by atoms with Crippen molar-refractivity contribution in [3.8, 4) is 12.1 Å². The van der Waals surface area contributed by atoms with Crippen LogP contribution in [-0.2, 0) is 9.59 Å². The van der Waals surface area contributed by atoms with E-state index in [4.69, 9.17) is 30.3 Å². The normalized spacial score (nSPS) is 5.40. The number of carboxylic acid groups (broad SMARTS) is 2. The molecule has 0 aromatic carbocycles. The number of carbonyl (C=O) groups is 2. The van der Waals surface area contributed by atoms with E-state index in [1.807, 2.05) is 0 Å². The summed E-state index contributed by atoms with van der Waals surface area (Å²) in [4.78, 5) is 18.0. The van der Waals surface area contributed by atoms with E-state index in [-0.39, 0.29) is 0 Å². The quantitative estimate of drug-likeness (QED) is 0.336. The van der Waals surface area contributed by atoms with Gasteiger partial charge in [0.25, 0.3) is 0 Å². The molecule has 0 bridgehead atoms. The molecular weight excluding hydrogens is 140 g/mol. The Balaban J connectivity index is 0. The van der Waals surface area contributed by atoms with Gasteiger partial charge < -0.3 is 10.2 Å². The molecule has 0 aliphatic heterocycles. The van der Waals surface area contributed by atoms with Crippen molar-refractivity contribution >= 4 is 11.9 Å². The summed E-state index contributed by atoms with van der Waals surface area (Å²) in [5, 5.41) is 29.3. The maximum absolute atomic E-state index is 9.01. The maximum atomic E-state index is 9.01. The smallest absolute Gasteiger partial charge is 0.408 e. The molecule has 6 heteroatoms. The zero-order valence-corrected chi connectivity index (χ0v) is 4.61. The molecule has 52 valence electrons. The highest BCUT2D eigenvalue weighted by molar-refractivity contribution is 5.83. The van der Waals surface area contributed by atoms with E-state index in [0.29, 0.717) is 0 Å². The Hall–Kier alpha value is -2.08. The number of carboxylic acids is 2. The van der Waals surface area contributed by atoms with Crippen LogP contribution in [0.15, 0.2) is 0 Å². The minimum absolute atomic E-state index is 0.944. The molecule has 0 saturated carbocycles. The van der Waals surface area contributed by atoms with Crippen molar-refractivity contribution in [2.24, 2.45) is 0 Å². The van der Waals surface area contributed by atoms with Crippen molar-refractivity contribution < 1.29 is 19.8 Å². The Labute approximate surface area is 55.5 Å². The lowest BCUT2D eigenvalue weighted by molar-refractivity contribution is -0.131. The lowest BCUT2D eigenvalue weighted by Gasteiger charge is -1.56. The third-order valence-corrected chi connectivity index (χ3v) is 0.191. The van der Waals surface area contributed by atoms with Crippen LogP contribution in [-0.4, -0.2) is 22.2 Å². The minimum Gasteiger partial charge on any atom is -0.470 e. The molecule has 0 spiro atoms. The van der Waals surface area contributed by atoms with E-state index in [2.05, 4.69) is 0 Å². The third kappa shape index (κ3) is 38.9. The van der Waals surface area contributed by atoms with Gasteiger partial charge in [0, 0.05) is 0 Å². The summed E-state index contributed by atoms with van der Waals surface area (Å²) in [5.41, 5.74) is 0. The topological polar surface area (TPSA) is 122 Å². The van der Waals surface area contributed by atoms with Crippen molar-refractivity contribution in [1.29, 1.82) is 10.5 Å². The van der Waals surface area contributed by atoms with Crippen molar-refractivity contribution in [3.05, 3.63) is 0 Å². The van der Waals surface area contributed by atoms with Crippen LogP contribution in [0, 0.1) is 22.7 Å². The van der Waals surface area contributed by atoms with Crippen molar-refractivity contribution in [3.63, 3.8) is 0 Å². The summed E-state index contributed by atoms with van der Waals surface area (Å²) in [6.45, 7) is 0. The molecule has 0 saturated heterocycles. The number of hydrogen-bond acceptors (Lipinski definition) is 4. The minimum atomic E-state index is -1.44. The van der Waals surface area contributed by atoms with Gasteiger partial charge in [-0.2, -0.15) is 10.5 Å². The first-order valence-corrected chi connectivity index (χ1v) is 1.80. The summed E-state index contributed by atoms with van der Waals surface area (Å²) in [6, 6.07) is 1.89. The van der Waals surface area contributed by atoms with E-state index >= 15 is 0 Å². The lowest BCUT2D eigenvalue weighted by Crippen LogP contribution is -1.83. The molecule has 10 heavy (non-hydrogen) atoms. The Bertz CT molecular complexity index is 184. The maximum Gasteiger partial charge on any atom is 0.408 e. The van der Waals surface area contributed by atoms with Crippen LogP contribution in [0.25, 0.3) is 0 Å². The second-order valence-corrected chi connectivity index (χ2v) is 0.834. The zero-order valence-electron chi connectivity index (χ0n) is 4.61. The van der Waals surface area contributed by atoms with Gasteiger partial charge in [-0.05, 0) is 0 Å². The van der Waals surface area contributed by atoms with Gasteiger partial charge in [0.1, 0.15) is 0 Å². The molecule has 0 aromatic rings. The fourth-order valence-electron chi connectivity index (χ4n) is 0. The molecule has 0 radical (unpaired) electrons. The highest BCUT2D eigenvalue weighted by Crippen LogP contribution is 1.45. The Morgan fingerprint density at radius 1 is 1.00 bits per heavy atom. The molecule has 2 N–H and O–H groups in total. The Kier molecular flexibility index (Phi) is 7.49. The molecule has 6 nitrogen and oxygen atoms in total. The molecule has 0 atom stereocenters. The fourth-order valence-corrected chi connectivity index (χ4v) is 0. The van der Waals surface area contributed by atoms with Gasteiger partial charge in [-0.3, -0.25) is 0 Å². The summed E-state index contributed by atoms with van der Waals surface area (Å²) in [6.07, 6.45) is 0. The Morgan fingerprint density at radius 3 is 1.10 bits per heavy atom. The van der Waals surface area contributed by atoms with Gasteiger partial charge in [-0.15, -0.1) is 0 Å². The lowest BCUT2D eigenvalue weighted by atomic mass is 10.8. The summed E-state index contributed by atoms with van der Waals surface area (Å²) in [5.74, 6) is -2.88. The fraction of sp³-hybridized carbons (Fsp3) is 0. The molecular formula is C4H2N2O4. The van der Waals surface area contributed by atoms with Crippen molar-refractivity contribution in [2.45, 2.75) is 0 Å². The average Bonchev–Trinajstić information content (AvgIpc) is 1.89. The highest BCUT2D eigenvalue weighted by atomic mass is 16.4. The van der Waals surface area contributed by atoms with Gasteiger partial charge >= 0.3 is 11.9 Å². The monoisotopic (exact) mass is 142 g/mol. The first-order valence-electron chi connectivity index (χ1n) is 1.80. The first kappa shape index (κ1) is 10.8. The van der Waals surface area contributed by atoms with Crippen LogP contribution in [0.5, 0.6) is 0 Å². The van der Waals surface area contributed by atoms with Crippen LogP contribution < -0.4 is 0 Å². The van der Waals surface area contributed by atoms with Crippen LogP contribution in [0.1, 0.15) is 0 Å². The first-order chi connectivity index (χ1) is 4.54. The van der Waals surface area contributed by atoms with Gasteiger partial charge in [-0.25, -0.2) is 9.59 Å². The molecule has 0 fully saturated rings. The number of hydrogen-bond donors (Lipinski definition) is 2. The summed E-state index contributed by atoms with van der Waals surface area (Å²) in [7, 11) is 0. The van der Waals surface area contributed by atoms with E-state index in [0.717, 1.165) is 12.1 Å². The molecule has 0 heterocycles. The average molecular weight is 142 g/mol. The number of aliphatic carboxylic acids is 2. The van der Waals surface area contributed by atoms with E-state index in [1.165, 1.54) is 0 Å².